The molecule has 0 amide bonds. The summed E-state index contributed by atoms with van der Waals surface area (Å²) in [6, 6.07) is 10.3. The van der Waals surface area contributed by atoms with E-state index in [-0.39, 0.29) is 6.10 Å². The van der Waals surface area contributed by atoms with Crippen LogP contribution in [0.15, 0.2) is 30.3 Å². The Morgan fingerprint density at radius 2 is 2.00 bits per heavy atom. The van der Waals surface area contributed by atoms with Gasteiger partial charge in [0.05, 0.1) is 6.10 Å². The van der Waals surface area contributed by atoms with Crippen LogP contribution < -0.4 is 5.73 Å². The van der Waals surface area contributed by atoms with E-state index in [9.17, 15) is 0 Å². The first kappa shape index (κ1) is 10.2. The number of hydrogen-bond acceptors (Lipinski definition) is 2. The summed E-state index contributed by atoms with van der Waals surface area (Å²) in [5.41, 5.74) is 6.87. The van der Waals surface area contributed by atoms with Gasteiger partial charge in [0.15, 0.2) is 0 Å². The van der Waals surface area contributed by atoms with Crippen molar-refractivity contribution in [2.24, 2.45) is 5.73 Å². The minimum absolute atomic E-state index is 0.160. The molecule has 1 unspecified atom stereocenters. The van der Waals surface area contributed by atoms with Crippen LogP contribution in [-0.4, -0.2) is 19.3 Å². The smallest absolute Gasteiger partial charge is 0.0737 e. The lowest BCUT2D eigenvalue weighted by molar-refractivity contribution is 0.0695. The molecule has 2 heteroatoms. The predicted octanol–water partition coefficient (Wildman–Crippen LogP) is 1.59. The summed E-state index contributed by atoms with van der Waals surface area (Å²) in [5, 5.41) is 0. The molecular formula is C11H17NO. The molecule has 0 saturated carbocycles. The fourth-order valence-electron chi connectivity index (χ4n) is 1.32. The summed E-state index contributed by atoms with van der Waals surface area (Å²) < 4.78 is 5.47. The summed E-state index contributed by atoms with van der Waals surface area (Å²) in [6.45, 7) is 3.31. The van der Waals surface area contributed by atoms with E-state index in [0.717, 1.165) is 13.0 Å². The minimum Gasteiger partial charge on any atom is -0.377 e. The van der Waals surface area contributed by atoms with E-state index in [4.69, 9.17) is 10.5 Å². The van der Waals surface area contributed by atoms with Gasteiger partial charge in [-0.3, -0.25) is 0 Å². The highest BCUT2D eigenvalue weighted by Gasteiger charge is 2.05. The third kappa shape index (κ3) is 3.57. The van der Waals surface area contributed by atoms with Crippen LogP contribution in [0, 0.1) is 0 Å². The maximum atomic E-state index is 5.58. The third-order valence-electron chi connectivity index (χ3n) is 1.97. The van der Waals surface area contributed by atoms with Gasteiger partial charge in [0, 0.05) is 13.2 Å². The second-order valence-corrected chi connectivity index (χ2v) is 3.00. The van der Waals surface area contributed by atoms with Crippen molar-refractivity contribution in [1.82, 2.24) is 0 Å². The van der Waals surface area contributed by atoms with E-state index >= 15 is 0 Å². The van der Waals surface area contributed by atoms with Gasteiger partial charge in [0.2, 0.25) is 0 Å². The summed E-state index contributed by atoms with van der Waals surface area (Å²) in [6.07, 6.45) is 1.07. The van der Waals surface area contributed by atoms with Crippen molar-refractivity contribution in [3.63, 3.8) is 0 Å². The summed E-state index contributed by atoms with van der Waals surface area (Å²) in [5.74, 6) is 0. The molecule has 0 aromatic heterocycles. The van der Waals surface area contributed by atoms with Gasteiger partial charge >= 0.3 is 0 Å². The average molecular weight is 179 g/mol. The minimum atomic E-state index is 0.160. The van der Waals surface area contributed by atoms with Crippen molar-refractivity contribution in [2.75, 3.05) is 13.2 Å². The molecule has 0 bridgehead atoms. The zero-order valence-electron chi connectivity index (χ0n) is 8.07. The van der Waals surface area contributed by atoms with Crippen molar-refractivity contribution in [2.45, 2.75) is 19.4 Å². The molecule has 0 aliphatic heterocycles. The van der Waals surface area contributed by atoms with Gasteiger partial charge < -0.3 is 10.5 Å². The van der Waals surface area contributed by atoms with Gasteiger partial charge in [-0.25, -0.2) is 0 Å². The maximum absolute atomic E-state index is 5.58. The van der Waals surface area contributed by atoms with E-state index in [1.54, 1.807) is 0 Å². The lowest BCUT2D eigenvalue weighted by Gasteiger charge is -2.14. The topological polar surface area (TPSA) is 35.2 Å². The van der Waals surface area contributed by atoms with Crippen LogP contribution in [0.3, 0.4) is 0 Å². The van der Waals surface area contributed by atoms with Crippen molar-refractivity contribution < 1.29 is 4.74 Å². The summed E-state index contributed by atoms with van der Waals surface area (Å²) in [4.78, 5) is 0. The second-order valence-electron chi connectivity index (χ2n) is 3.00. The Morgan fingerprint density at radius 3 is 2.54 bits per heavy atom. The van der Waals surface area contributed by atoms with E-state index in [2.05, 4.69) is 12.1 Å². The van der Waals surface area contributed by atoms with E-state index in [0.29, 0.717) is 6.54 Å². The van der Waals surface area contributed by atoms with Crippen LogP contribution >= 0.6 is 0 Å². The first-order valence-corrected chi connectivity index (χ1v) is 4.72. The largest absolute Gasteiger partial charge is 0.377 e. The summed E-state index contributed by atoms with van der Waals surface area (Å²) >= 11 is 0. The second kappa shape index (κ2) is 5.73. The molecule has 0 radical (unpaired) electrons. The molecule has 2 N–H and O–H groups in total. The van der Waals surface area contributed by atoms with Crippen molar-refractivity contribution in [3.05, 3.63) is 35.9 Å². The summed E-state index contributed by atoms with van der Waals surface area (Å²) in [7, 11) is 0. The Labute approximate surface area is 79.7 Å². The molecule has 13 heavy (non-hydrogen) atoms. The fraction of sp³-hybridized carbons (Fsp3) is 0.455. The molecule has 1 atom stereocenters. The SMILES string of the molecule is CCOC(CN)Cc1ccccc1. The van der Waals surface area contributed by atoms with Gasteiger partial charge in [-0.2, -0.15) is 0 Å². The molecular weight excluding hydrogens is 162 g/mol. The molecule has 1 rings (SSSR count). The number of hydrogen-bond donors (Lipinski definition) is 1. The molecule has 0 aliphatic rings. The van der Waals surface area contributed by atoms with Crippen LogP contribution in [0.2, 0.25) is 0 Å². The highest BCUT2D eigenvalue weighted by Crippen LogP contribution is 2.04. The third-order valence-corrected chi connectivity index (χ3v) is 1.97. The molecule has 0 fully saturated rings. The van der Waals surface area contributed by atoms with E-state index < -0.39 is 0 Å². The van der Waals surface area contributed by atoms with Crippen LogP contribution in [0.4, 0.5) is 0 Å². The quantitative estimate of drug-likeness (QED) is 0.745. The predicted molar refractivity (Wildman–Crippen MR) is 54.6 cm³/mol. The Hall–Kier alpha value is -0.860. The number of nitrogens with two attached hydrogens (primary N) is 1. The van der Waals surface area contributed by atoms with Crippen LogP contribution in [-0.2, 0) is 11.2 Å². The van der Waals surface area contributed by atoms with Gasteiger partial charge in [0.25, 0.3) is 0 Å². The lowest BCUT2D eigenvalue weighted by Crippen LogP contribution is -2.26. The Morgan fingerprint density at radius 1 is 1.31 bits per heavy atom. The highest BCUT2D eigenvalue weighted by molar-refractivity contribution is 5.15. The number of rotatable bonds is 5. The van der Waals surface area contributed by atoms with Gasteiger partial charge in [0.1, 0.15) is 0 Å². The van der Waals surface area contributed by atoms with E-state index in [1.807, 2.05) is 25.1 Å². The van der Waals surface area contributed by atoms with Crippen molar-refractivity contribution >= 4 is 0 Å². The Balaban J connectivity index is 2.46. The standard InChI is InChI=1S/C11H17NO/c1-2-13-11(9-12)8-10-6-4-3-5-7-10/h3-7,11H,2,8-9,12H2,1H3. The molecule has 2 nitrogen and oxygen atoms in total. The van der Waals surface area contributed by atoms with Crippen LogP contribution in [0.1, 0.15) is 12.5 Å². The van der Waals surface area contributed by atoms with Crippen LogP contribution in [0.25, 0.3) is 0 Å². The number of benzene rings is 1. The zero-order chi connectivity index (χ0) is 9.52. The van der Waals surface area contributed by atoms with Crippen molar-refractivity contribution in [3.8, 4) is 0 Å². The van der Waals surface area contributed by atoms with Gasteiger partial charge in [-0.05, 0) is 18.9 Å². The van der Waals surface area contributed by atoms with Gasteiger partial charge in [-0.1, -0.05) is 30.3 Å². The van der Waals surface area contributed by atoms with E-state index in [1.165, 1.54) is 5.56 Å². The monoisotopic (exact) mass is 179 g/mol. The molecule has 0 saturated heterocycles. The highest BCUT2D eigenvalue weighted by atomic mass is 16.5. The Kier molecular flexibility index (Phi) is 4.50. The molecule has 0 spiro atoms. The number of ether oxygens (including phenoxy) is 1. The molecule has 0 aliphatic carbocycles. The normalized spacial score (nSPS) is 12.8. The average Bonchev–Trinajstić information content (AvgIpc) is 2.19. The van der Waals surface area contributed by atoms with Crippen LogP contribution in [0.5, 0.6) is 0 Å². The zero-order valence-corrected chi connectivity index (χ0v) is 8.07. The fourth-order valence-corrected chi connectivity index (χ4v) is 1.32. The van der Waals surface area contributed by atoms with Gasteiger partial charge in [-0.15, -0.1) is 0 Å². The van der Waals surface area contributed by atoms with Crippen molar-refractivity contribution in [1.29, 1.82) is 0 Å². The molecule has 1 aromatic rings. The molecule has 0 heterocycles. The molecule has 1 aromatic carbocycles. The lowest BCUT2D eigenvalue weighted by atomic mass is 10.1. The molecule has 72 valence electrons. The Bertz CT molecular complexity index is 223. The maximum Gasteiger partial charge on any atom is 0.0737 e. The first-order valence-electron chi connectivity index (χ1n) is 4.72. The first-order chi connectivity index (χ1) is 6.36.